The van der Waals surface area contributed by atoms with Crippen molar-refractivity contribution in [3.8, 4) is 11.6 Å². The van der Waals surface area contributed by atoms with Crippen molar-refractivity contribution in [2.45, 2.75) is 63.8 Å². The average Bonchev–Trinajstić information content (AvgIpc) is 3.62. The number of benzene rings is 1. The third kappa shape index (κ3) is 7.47. The Morgan fingerprint density at radius 1 is 1.20 bits per heavy atom. The number of nitrogens with one attached hydrogen (secondary N) is 1. The van der Waals surface area contributed by atoms with Crippen LogP contribution >= 0.6 is 0 Å². The van der Waals surface area contributed by atoms with E-state index in [1.807, 2.05) is 4.90 Å². The molecule has 1 unspecified atom stereocenters. The van der Waals surface area contributed by atoms with Crippen LogP contribution in [-0.4, -0.2) is 70.6 Å². The van der Waals surface area contributed by atoms with Gasteiger partial charge >= 0.3 is 12.1 Å². The summed E-state index contributed by atoms with van der Waals surface area (Å²) in [7, 11) is 1.30. The number of piperidine rings is 1. The number of aryl methyl sites for hydroxylation is 2. The molecule has 3 aromatic rings. The second-order valence-corrected chi connectivity index (χ2v) is 11.6. The van der Waals surface area contributed by atoms with Crippen LogP contribution in [0, 0.1) is 12.3 Å². The number of nitrogens with zero attached hydrogens (tertiary/aromatic N) is 5. The number of carboxylic acids is 1. The van der Waals surface area contributed by atoms with Crippen molar-refractivity contribution in [2.24, 2.45) is 5.41 Å². The van der Waals surface area contributed by atoms with Gasteiger partial charge in [0.05, 0.1) is 24.5 Å². The van der Waals surface area contributed by atoms with Gasteiger partial charge in [0.25, 0.3) is 0 Å². The van der Waals surface area contributed by atoms with Gasteiger partial charge in [-0.3, -0.25) is 4.79 Å². The summed E-state index contributed by atoms with van der Waals surface area (Å²) in [5.74, 6) is -1.76. The van der Waals surface area contributed by atoms with Crippen LogP contribution in [0.3, 0.4) is 0 Å². The van der Waals surface area contributed by atoms with Crippen LogP contribution in [0.15, 0.2) is 36.5 Å². The second-order valence-electron chi connectivity index (χ2n) is 11.6. The molecule has 1 spiro atoms. The number of methoxy groups -OCH3 is 1. The molecule has 4 heterocycles. The smallest absolute Gasteiger partial charge is 0.429 e. The molecule has 242 valence electrons. The van der Waals surface area contributed by atoms with Crippen molar-refractivity contribution < 1.29 is 37.3 Å². The van der Waals surface area contributed by atoms with Crippen LogP contribution in [0.25, 0.3) is 5.69 Å². The Kier molecular flexibility index (Phi) is 9.18. The molecular formula is C30H35F3N7O5-. The number of nitrogens with two attached hydrogens (primary N) is 1. The molecule has 12 nitrogen and oxygen atoms in total. The maximum Gasteiger partial charge on any atom is 0.429 e. The molecule has 2 atom stereocenters. The van der Waals surface area contributed by atoms with E-state index in [0.29, 0.717) is 68.8 Å². The Balaban J connectivity index is 1.39. The Hall–Kier alpha value is -4.40. The average molecular weight is 631 g/mol. The third-order valence-electron chi connectivity index (χ3n) is 8.46. The van der Waals surface area contributed by atoms with Crippen molar-refractivity contribution in [2.75, 3.05) is 37.4 Å². The normalized spacial score (nSPS) is 18.6. The summed E-state index contributed by atoms with van der Waals surface area (Å²) in [5.41, 5.74) is 7.05. The van der Waals surface area contributed by atoms with Gasteiger partial charge in [0.15, 0.2) is 0 Å². The molecule has 1 aromatic carbocycles. The van der Waals surface area contributed by atoms with Crippen molar-refractivity contribution in [3.63, 3.8) is 0 Å². The molecule has 0 amide bonds. The molecule has 0 bridgehead atoms. The molecule has 2 aliphatic heterocycles. The van der Waals surface area contributed by atoms with E-state index in [0.717, 1.165) is 0 Å². The molecular weight excluding hydrogens is 595 g/mol. The fourth-order valence-electron chi connectivity index (χ4n) is 6.01. The number of esters is 1. The van der Waals surface area contributed by atoms with Gasteiger partial charge in [-0.25, -0.2) is 4.68 Å². The summed E-state index contributed by atoms with van der Waals surface area (Å²) in [5, 5.41) is 18.7. The lowest BCUT2D eigenvalue weighted by molar-refractivity contribution is -0.308. The van der Waals surface area contributed by atoms with E-state index in [2.05, 4.69) is 25.1 Å². The molecule has 2 saturated heterocycles. The van der Waals surface area contributed by atoms with E-state index in [1.54, 1.807) is 31.3 Å². The Bertz CT molecular complexity index is 1540. The maximum absolute atomic E-state index is 14.7. The first-order valence-corrected chi connectivity index (χ1v) is 14.7. The fraction of sp³-hybridized carbons (Fsp3) is 0.500. The topological polar surface area (TPSA) is 161 Å². The van der Waals surface area contributed by atoms with Crippen molar-refractivity contribution in [1.29, 1.82) is 0 Å². The third-order valence-corrected chi connectivity index (χ3v) is 8.46. The van der Waals surface area contributed by atoms with Crippen LogP contribution in [-0.2, 0) is 20.7 Å². The highest BCUT2D eigenvalue weighted by molar-refractivity contribution is 5.71. The predicted octanol–water partition coefficient (Wildman–Crippen LogP) is 2.43. The Labute approximate surface area is 257 Å². The van der Waals surface area contributed by atoms with E-state index in [1.165, 1.54) is 23.9 Å². The summed E-state index contributed by atoms with van der Waals surface area (Å²) in [6.45, 7) is 3.28. The van der Waals surface area contributed by atoms with Gasteiger partial charge in [-0.15, -0.1) is 0 Å². The number of carbonyl (C=O) groups is 2. The number of anilines is 2. The summed E-state index contributed by atoms with van der Waals surface area (Å²) in [6.07, 6.45) is -2.84. The van der Waals surface area contributed by atoms with Crippen molar-refractivity contribution >= 4 is 23.7 Å². The van der Waals surface area contributed by atoms with Gasteiger partial charge in [-0.05, 0) is 62.1 Å². The lowest BCUT2D eigenvalue weighted by Crippen LogP contribution is -2.42. The number of hydrogen-bond donors (Lipinski definition) is 2. The first-order valence-electron chi connectivity index (χ1n) is 14.7. The van der Waals surface area contributed by atoms with E-state index in [4.69, 9.17) is 10.5 Å². The minimum absolute atomic E-state index is 0.171. The van der Waals surface area contributed by atoms with Gasteiger partial charge < -0.3 is 35.3 Å². The van der Waals surface area contributed by atoms with E-state index >= 15 is 0 Å². The number of halogens is 3. The number of carboxylic acid groups (broad SMARTS) is 1. The van der Waals surface area contributed by atoms with Gasteiger partial charge in [0.2, 0.25) is 17.9 Å². The highest BCUT2D eigenvalue weighted by Gasteiger charge is 2.45. The quantitative estimate of drug-likeness (QED) is 0.317. The Morgan fingerprint density at radius 3 is 2.58 bits per heavy atom. The SMILES string of the molecule is COC(=O)CCCc1ccc([C@@H](Oc2cc(N3CCC4(CC3)CNC(C(=O)[O-])C4)nc(N)n2)C(F)(F)F)c(-n2ccc(C)n2)c1. The molecule has 5 rings (SSSR count). The molecule has 0 radical (unpaired) electrons. The van der Waals surface area contributed by atoms with Crippen LogP contribution in [0.1, 0.15) is 55.0 Å². The summed E-state index contributed by atoms with van der Waals surface area (Å²) < 4.78 is 55.7. The fourth-order valence-corrected chi connectivity index (χ4v) is 6.01. The molecule has 2 aromatic heterocycles. The molecule has 2 fully saturated rings. The monoisotopic (exact) mass is 630 g/mol. The number of carbonyl (C=O) groups excluding carboxylic acids is 2. The van der Waals surface area contributed by atoms with Crippen molar-refractivity contribution in [3.05, 3.63) is 53.3 Å². The molecule has 0 aliphatic carbocycles. The lowest BCUT2D eigenvalue weighted by Gasteiger charge is -2.39. The zero-order valence-corrected chi connectivity index (χ0v) is 25.0. The van der Waals surface area contributed by atoms with Crippen molar-refractivity contribution in [1.82, 2.24) is 25.1 Å². The number of ether oxygens (including phenoxy) is 2. The lowest BCUT2D eigenvalue weighted by atomic mass is 9.76. The standard InChI is InChI=1S/C30H36F3N7O5/c1-18-8-11-40(38-18)22-14-19(4-3-5-25(41)44-2)6-7-20(22)26(30(31,32)33)45-24-15-23(36-28(34)37-24)39-12-9-29(10-13-39)16-21(27(42)43)35-17-29/h6-8,11,14-15,21,26,35H,3-5,9-10,12-13,16-17H2,1-2H3,(H,42,43)(H2,34,36,37)/p-1/t21?,26-/m1/s1. The molecule has 15 heteroatoms. The number of aromatic nitrogens is 4. The van der Waals surface area contributed by atoms with E-state index in [-0.39, 0.29) is 40.9 Å². The van der Waals surface area contributed by atoms with Crippen LogP contribution < -0.4 is 25.8 Å². The Morgan fingerprint density at radius 2 is 1.96 bits per heavy atom. The number of hydrogen-bond acceptors (Lipinski definition) is 11. The van der Waals surface area contributed by atoms with Gasteiger partial charge in [0.1, 0.15) is 5.82 Å². The molecule has 3 N–H and O–H groups in total. The number of alkyl halides is 3. The first kappa shape index (κ1) is 32.0. The van der Waals surface area contributed by atoms with Crippen LogP contribution in [0.2, 0.25) is 0 Å². The van der Waals surface area contributed by atoms with Crippen LogP contribution in [0.4, 0.5) is 24.9 Å². The minimum atomic E-state index is -4.84. The summed E-state index contributed by atoms with van der Waals surface area (Å²) in [6, 6.07) is 6.84. The number of nitrogen functional groups attached to an aromatic ring is 1. The minimum Gasteiger partial charge on any atom is -0.548 e. The highest BCUT2D eigenvalue weighted by Crippen LogP contribution is 2.42. The second kappa shape index (κ2) is 12.9. The zero-order valence-electron chi connectivity index (χ0n) is 25.0. The summed E-state index contributed by atoms with van der Waals surface area (Å²) >= 11 is 0. The van der Waals surface area contributed by atoms with Gasteiger partial charge in [-0.1, -0.05) is 12.1 Å². The van der Waals surface area contributed by atoms with Gasteiger partial charge in [0, 0.05) is 49.9 Å². The van der Waals surface area contributed by atoms with Crippen LogP contribution in [0.5, 0.6) is 5.88 Å². The highest BCUT2D eigenvalue weighted by atomic mass is 19.4. The summed E-state index contributed by atoms with van der Waals surface area (Å²) in [4.78, 5) is 32.9. The molecule has 45 heavy (non-hydrogen) atoms. The maximum atomic E-state index is 14.7. The van der Waals surface area contributed by atoms with E-state index in [9.17, 15) is 27.9 Å². The molecule has 2 aliphatic rings. The first-order chi connectivity index (χ1) is 21.4. The predicted molar refractivity (Wildman–Crippen MR) is 154 cm³/mol. The van der Waals surface area contributed by atoms with Gasteiger partial charge in [-0.2, -0.15) is 28.2 Å². The number of rotatable bonds is 10. The largest absolute Gasteiger partial charge is 0.548 e. The molecule has 0 saturated carbocycles. The van der Waals surface area contributed by atoms with E-state index < -0.39 is 24.3 Å². The number of aliphatic carboxylic acids is 1. The zero-order chi connectivity index (χ0) is 32.4.